The van der Waals surface area contributed by atoms with Gasteiger partial charge in [-0.05, 0) is 36.1 Å². The molecule has 2 aliphatic heterocycles. The normalized spacial score (nSPS) is 19.0. The minimum Gasteiger partial charge on any atom is -0.496 e. The van der Waals surface area contributed by atoms with E-state index in [1.165, 1.54) is 23.8 Å². The molecule has 0 aliphatic carbocycles. The second-order valence-electron chi connectivity index (χ2n) is 9.70. The Morgan fingerprint density at radius 3 is 2.40 bits per heavy atom. The number of amides is 2. The number of urea groups is 1. The summed E-state index contributed by atoms with van der Waals surface area (Å²) in [7, 11) is 1.42. The van der Waals surface area contributed by atoms with E-state index in [-0.39, 0.29) is 23.1 Å². The van der Waals surface area contributed by atoms with Gasteiger partial charge in [0, 0.05) is 31.9 Å². The number of para-hydroxylation sites is 1. The summed E-state index contributed by atoms with van der Waals surface area (Å²) in [5, 5.41) is 4.44. The van der Waals surface area contributed by atoms with E-state index in [1.54, 1.807) is 24.3 Å². The van der Waals surface area contributed by atoms with Gasteiger partial charge in [-0.3, -0.25) is 4.79 Å². The first-order valence-corrected chi connectivity index (χ1v) is 13.9. The van der Waals surface area contributed by atoms with Crippen LogP contribution in [0.2, 0.25) is 0 Å². The summed E-state index contributed by atoms with van der Waals surface area (Å²) in [6.45, 7) is 1.10. The Balaban J connectivity index is 1.46. The molecule has 2 atom stereocenters. The topological polar surface area (TPSA) is 107 Å². The van der Waals surface area contributed by atoms with Gasteiger partial charge in [-0.1, -0.05) is 48.2 Å². The van der Waals surface area contributed by atoms with Crippen molar-refractivity contribution in [3.8, 4) is 5.75 Å². The molecule has 2 amide bonds. The zero-order valence-corrected chi connectivity index (χ0v) is 22.6. The molecule has 2 fully saturated rings. The number of hydrogen-bond acceptors (Lipinski definition) is 7. The summed E-state index contributed by atoms with van der Waals surface area (Å²) in [4.78, 5) is 33.1. The van der Waals surface area contributed by atoms with Crippen molar-refractivity contribution in [1.82, 2.24) is 24.6 Å². The van der Waals surface area contributed by atoms with Crippen molar-refractivity contribution in [2.45, 2.75) is 48.4 Å². The Labute approximate surface area is 233 Å². The lowest BCUT2D eigenvalue weighted by Gasteiger charge is -2.48. The van der Waals surface area contributed by atoms with Gasteiger partial charge in [-0.2, -0.15) is 17.9 Å². The van der Waals surface area contributed by atoms with Gasteiger partial charge in [-0.15, -0.1) is 5.10 Å². The van der Waals surface area contributed by atoms with Crippen LogP contribution < -0.4 is 10.5 Å². The first-order chi connectivity index (χ1) is 19.2. The molecular formula is C27H29F3N6O3S. The van der Waals surface area contributed by atoms with Crippen LogP contribution in [0.3, 0.4) is 0 Å². The second kappa shape index (κ2) is 11.5. The van der Waals surface area contributed by atoms with Gasteiger partial charge in [0.2, 0.25) is 0 Å². The molecule has 0 spiro atoms. The molecule has 9 nitrogen and oxygen atoms in total. The van der Waals surface area contributed by atoms with Crippen molar-refractivity contribution in [2.24, 2.45) is 5.73 Å². The van der Waals surface area contributed by atoms with Crippen LogP contribution in [0.25, 0.3) is 0 Å². The molecule has 2 unspecified atom stereocenters. The van der Waals surface area contributed by atoms with E-state index in [0.717, 1.165) is 33.6 Å². The first kappa shape index (κ1) is 28.0. The monoisotopic (exact) mass is 574 g/mol. The Bertz CT molecular complexity index is 1370. The smallest absolute Gasteiger partial charge is 0.409 e. The van der Waals surface area contributed by atoms with E-state index in [4.69, 9.17) is 10.5 Å². The number of carbonyl (C=O) groups is 2. The predicted octanol–water partition coefficient (Wildman–Crippen LogP) is 4.27. The SMILES string of the molecule is COc1ccccc1C(=O)n1nc(C2CN(C(=O)N3CCCC3)C2C(F)(F)F)nc1SCc1ccc(CN)cc1. The number of hydrogen-bond donors (Lipinski definition) is 1. The fraction of sp³-hybridized carbons (Fsp3) is 0.407. The molecule has 2 aromatic carbocycles. The van der Waals surface area contributed by atoms with Crippen LogP contribution in [0.1, 0.15) is 46.1 Å². The van der Waals surface area contributed by atoms with Gasteiger partial charge in [-0.25, -0.2) is 9.78 Å². The lowest BCUT2D eigenvalue weighted by molar-refractivity contribution is -0.209. The number of aromatic nitrogens is 3. The van der Waals surface area contributed by atoms with E-state index in [2.05, 4.69) is 10.1 Å². The van der Waals surface area contributed by atoms with Crippen LogP contribution in [0, 0.1) is 0 Å². The van der Waals surface area contributed by atoms with Gasteiger partial charge in [0.15, 0.2) is 11.0 Å². The molecule has 0 radical (unpaired) electrons. The van der Waals surface area contributed by atoms with E-state index < -0.39 is 30.1 Å². The Kier molecular flexibility index (Phi) is 8.04. The maximum absolute atomic E-state index is 14.2. The predicted molar refractivity (Wildman–Crippen MR) is 142 cm³/mol. The van der Waals surface area contributed by atoms with Crippen molar-refractivity contribution in [3.63, 3.8) is 0 Å². The Morgan fingerprint density at radius 1 is 1.07 bits per heavy atom. The van der Waals surface area contributed by atoms with E-state index >= 15 is 0 Å². The summed E-state index contributed by atoms with van der Waals surface area (Å²) < 4.78 is 49.0. The van der Waals surface area contributed by atoms with Gasteiger partial charge in [0.1, 0.15) is 11.8 Å². The summed E-state index contributed by atoms with van der Waals surface area (Å²) >= 11 is 1.19. The lowest BCUT2D eigenvalue weighted by atomic mass is 9.87. The third-order valence-electron chi connectivity index (χ3n) is 7.15. The van der Waals surface area contributed by atoms with Crippen molar-refractivity contribution < 1.29 is 27.5 Å². The summed E-state index contributed by atoms with van der Waals surface area (Å²) in [5.74, 6) is -1.20. The highest BCUT2D eigenvalue weighted by molar-refractivity contribution is 7.98. The number of halogens is 3. The third kappa shape index (κ3) is 5.52. The number of thioether (sulfide) groups is 1. The van der Waals surface area contributed by atoms with Crippen LogP contribution in [0.5, 0.6) is 5.75 Å². The molecule has 212 valence electrons. The van der Waals surface area contributed by atoms with Gasteiger partial charge in [0.05, 0.1) is 18.6 Å². The number of methoxy groups -OCH3 is 1. The standard InChI is InChI=1S/C27H29F3N6O3S/c1-39-21-7-3-2-6-19(21)24(37)36-25(40-16-18-10-8-17(14-31)9-11-18)32-23(33-36)20-15-35(22(20)27(28,29)30)26(38)34-12-4-5-13-34/h2-3,6-11,20,22H,4-5,12-16,31H2,1H3. The summed E-state index contributed by atoms with van der Waals surface area (Å²) in [5.41, 5.74) is 7.75. The number of carbonyl (C=O) groups excluding carboxylic acids is 2. The van der Waals surface area contributed by atoms with Crippen LogP contribution >= 0.6 is 11.8 Å². The molecular weight excluding hydrogens is 545 g/mol. The minimum atomic E-state index is -4.69. The Hall–Kier alpha value is -3.58. The number of nitrogens with two attached hydrogens (primary N) is 1. The van der Waals surface area contributed by atoms with Gasteiger partial charge in [0.25, 0.3) is 5.91 Å². The molecule has 0 bridgehead atoms. The summed E-state index contributed by atoms with van der Waals surface area (Å²) in [6, 6.07) is 11.4. The second-order valence-corrected chi connectivity index (χ2v) is 10.6. The highest BCUT2D eigenvalue weighted by Gasteiger charge is 2.59. The maximum atomic E-state index is 14.2. The first-order valence-electron chi connectivity index (χ1n) is 12.9. The van der Waals surface area contributed by atoms with Crippen LogP contribution in [-0.2, 0) is 12.3 Å². The molecule has 2 saturated heterocycles. The van der Waals surface area contributed by atoms with Crippen LogP contribution in [-0.4, -0.2) is 75.5 Å². The number of ether oxygens (including phenoxy) is 1. The van der Waals surface area contributed by atoms with E-state index in [0.29, 0.717) is 31.1 Å². The van der Waals surface area contributed by atoms with Gasteiger partial charge >= 0.3 is 12.2 Å². The lowest BCUT2D eigenvalue weighted by Crippen LogP contribution is -2.65. The molecule has 13 heteroatoms. The van der Waals surface area contributed by atoms with Gasteiger partial charge < -0.3 is 20.3 Å². The van der Waals surface area contributed by atoms with Crippen molar-refractivity contribution in [1.29, 1.82) is 0 Å². The van der Waals surface area contributed by atoms with Crippen molar-refractivity contribution in [3.05, 3.63) is 71.0 Å². The van der Waals surface area contributed by atoms with E-state index in [9.17, 15) is 22.8 Å². The molecule has 3 heterocycles. The molecule has 2 aliphatic rings. The highest BCUT2D eigenvalue weighted by Crippen LogP contribution is 2.44. The molecule has 40 heavy (non-hydrogen) atoms. The zero-order valence-electron chi connectivity index (χ0n) is 21.8. The van der Waals surface area contributed by atoms with Crippen LogP contribution in [0.15, 0.2) is 53.7 Å². The third-order valence-corrected chi connectivity index (χ3v) is 8.15. The fourth-order valence-corrected chi connectivity index (χ4v) is 5.86. The highest BCUT2D eigenvalue weighted by atomic mass is 32.2. The number of rotatable bonds is 7. The molecule has 3 aromatic rings. The molecule has 0 saturated carbocycles. The average Bonchev–Trinajstić information content (AvgIpc) is 3.61. The van der Waals surface area contributed by atoms with Crippen molar-refractivity contribution in [2.75, 3.05) is 26.7 Å². The fourth-order valence-electron chi connectivity index (χ4n) is 4.97. The minimum absolute atomic E-state index is 0.128. The van der Waals surface area contributed by atoms with Crippen molar-refractivity contribution >= 4 is 23.7 Å². The number of benzene rings is 2. The number of nitrogens with zero attached hydrogens (tertiary/aromatic N) is 5. The zero-order chi connectivity index (χ0) is 28.4. The molecule has 2 N–H and O–H groups in total. The van der Waals surface area contributed by atoms with E-state index in [1.807, 2.05) is 24.3 Å². The average molecular weight is 575 g/mol. The molecule has 1 aromatic heterocycles. The van der Waals surface area contributed by atoms with Crippen LogP contribution in [0.4, 0.5) is 18.0 Å². The number of likely N-dealkylation sites (tertiary alicyclic amines) is 2. The maximum Gasteiger partial charge on any atom is 0.409 e. The summed E-state index contributed by atoms with van der Waals surface area (Å²) in [6.07, 6.45) is -3.15. The number of alkyl halides is 3. The Morgan fingerprint density at radius 2 is 1.75 bits per heavy atom. The molecule has 5 rings (SSSR count). The quantitative estimate of drug-likeness (QED) is 0.420. The largest absolute Gasteiger partial charge is 0.496 e.